The molecule has 2 fully saturated rings. The van der Waals surface area contributed by atoms with E-state index in [-0.39, 0.29) is 18.0 Å². The van der Waals surface area contributed by atoms with Gasteiger partial charge in [-0.25, -0.2) is 4.98 Å². The van der Waals surface area contributed by atoms with Crippen molar-refractivity contribution in [3.63, 3.8) is 0 Å². The summed E-state index contributed by atoms with van der Waals surface area (Å²) in [6.07, 6.45) is 5.58. The fraction of sp³-hybridized carbons (Fsp3) is 0.500. The maximum absolute atomic E-state index is 12.7. The van der Waals surface area contributed by atoms with E-state index >= 15 is 0 Å². The molecular formula is C22H30N6O. The predicted molar refractivity (Wildman–Crippen MR) is 115 cm³/mol. The van der Waals surface area contributed by atoms with Crippen LogP contribution in [0.2, 0.25) is 0 Å². The van der Waals surface area contributed by atoms with Gasteiger partial charge in [-0.05, 0) is 63.5 Å². The van der Waals surface area contributed by atoms with E-state index in [1.807, 2.05) is 12.1 Å². The topological polar surface area (TPSA) is 73.4 Å². The van der Waals surface area contributed by atoms with Crippen LogP contribution in [-0.4, -0.2) is 65.5 Å². The first-order chi connectivity index (χ1) is 14.9. The average molecular weight is 397 g/mol. The number of piperidine rings is 1. The van der Waals surface area contributed by atoms with Crippen molar-refractivity contribution in [2.24, 2.45) is 0 Å². The van der Waals surface area contributed by atoms with E-state index in [1.54, 1.807) is 30.6 Å². The van der Waals surface area contributed by atoms with Crippen LogP contribution in [-0.2, 0) is 0 Å². The van der Waals surface area contributed by atoms with Crippen molar-refractivity contribution in [3.8, 4) is 0 Å². The van der Waals surface area contributed by atoms with Crippen LogP contribution in [0, 0.1) is 0 Å². The molecule has 7 nitrogen and oxygen atoms in total. The van der Waals surface area contributed by atoms with Crippen molar-refractivity contribution < 1.29 is 7.54 Å². The number of hydrogen-bond donors (Lipinski definition) is 2. The fourth-order valence-electron chi connectivity index (χ4n) is 4.11. The first-order valence-corrected chi connectivity index (χ1v) is 10.4. The van der Waals surface area contributed by atoms with Gasteiger partial charge >= 0.3 is 0 Å². The lowest BCUT2D eigenvalue weighted by Crippen LogP contribution is -2.49. The zero-order chi connectivity index (χ0) is 21.8. The van der Waals surface area contributed by atoms with Crippen molar-refractivity contribution >= 4 is 17.4 Å². The second kappa shape index (κ2) is 9.33. The van der Waals surface area contributed by atoms with Crippen LogP contribution in [0.15, 0.2) is 42.7 Å². The summed E-state index contributed by atoms with van der Waals surface area (Å²) in [5.74, 6) is 0.430. The van der Waals surface area contributed by atoms with E-state index in [9.17, 15) is 4.79 Å². The molecule has 0 aromatic carbocycles. The van der Waals surface area contributed by atoms with Crippen molar-refractivity contribution in [1.29, 1.82) is 0 Å². The highest BCUT2D eigenvalue weighted by molar-refractivity contribution is 6.03. The molecule has 2 saturated heterocycles. The van der Waals surface area contributed by atoms with Crippen LogP contribution in [0.5, 0.6) is 0 Å². The highest BCUT2D eigenvalue weighted by Crippen LogP contribution is 2.22. The summed E-state index contributed by atoms with van der Waals surface area (Å²) in [7, 11) is 0. The number of nitrogens with zero attached hydrogens (tertiary/aromatic N) is 4. The molecule has 7 heteroatoms. The SMILES string of the molecule is [2H]C1([2H])CCN(c2cccc(C(=O)Nc3ccncc3)n2)CC(C)N1C1CCNCC1. The van der Waals surface area contributed by atoms with Gasteiger partial charge in [0.1, 0.15) is 11.5 Å². The Bertz CT molecular complexity index is 891. The normalized spacial score (nSPS) is 24.3. The van der Waals surface area contributed by atoms with Crippen LogP contribution >= 0.6 is 0 Å². The number of amides is 1. The van der Waals surface area contributed by atoms with Gasteiger partial charge < -0.3 is 15.5 Å². The number of carbonyl (C=O) groups is 1. The summed E-state index contributed by atoms with van der Waals surface area (Å²) in [5, 5.41) is 6.21. The summed E-state index contributed by atoms with van der Waals surface area (Å²) in [4.78, 5) is 25.4. The van der Waals surface area contributed by atoms with Crippen LogP contribution in [0.25, 0.3) is 0 Å². The Kier molecular flexibility index (Phi) is 5.58. The van der Waals surface area contributed by atoms with E-state index < -0.39 is 6.50 Å². The smallest absolute Gasteiger partial charge is 0.274 e. The van der Waals surface area contributed by atoms with E-state index in [2.05, 4.69) is 37.3 Å². The van der Waals surface area contributed by atoms with Gasteiger partial charge in [0.2, 0.25) is 0 Å². The van der Waals surface area contributed by atoms with Gasteiger partial charge in [-0.3, -0.25) is 14.7 Å². The monoisotopic (exact) mass is 396 g/mol. The number of pyridine rings is 2. The van der Waals surface area contributed by atoms with Crippen molar-refractivity contribution in [2.45, 2.75) is 38.3 Å². The molecule has 0 saturated carbocycles. The van der Waals surface area contributed by atoms with Gasteiger partial charge in [0.25, 0.3) is 5.91 Å². The summed E-state index contributed by atoms with van der Waals surface area (Å²) in [6, 6.07) is 9.17. The molecule has 2 N–H and O–H groups in total. The minimum absolute atomic E-state index is 0.0386. The van der Waals surface area contributed by atoms with Crippen LogP contribution < -0.4 is 15.5 Å². The predicted octanol–water partition coefficient (Wildman–Crippen LogP) is 2.38. The van der Waals surface area contributed by atoms with Gasteiger partial charge in [-0.1, -0.05) is 6.07 Å². The van der Waals surface area contributed by atoms with E-state index in [4.69, 9.17) is 2.74 Å². The number of anilines is 2. The van der Waals surface area contributed by atoms with Crippen molar-refractivity contribution in [3.05, 3.63) is 48.4 Å². The Balaban J connectivity index is 1.50. The maximum atomic E-state index is 12.7. The number of rotatable bonds is 4. The van der Waals surface area contributed by atoms with E-state index in [0.29, 0.717) is 36.7 Å². The Hall–Kier alpha value is -2.51. The Labute approximate surface area is 175 Å². The molecule has 0 radical (unpaired) electrons. The molecule has 29 heavy (non-hydrogen) atoms. The lowest BCUT2D eigenvalue weighted by molar-refractivity contribution is 0.102. The molecule has 2 aliphatic heterocycles. The van der Waals surface area contributed by atoms with Gasteiger partial charge in [-0.2, -0.15) is 0 Å². The zero-order valence-corrected chi connectivity index (χ0v) is 16.8. The molecule has 1 amide bonds. The van der Waals surface area contributed by atoms with Crippen LogP contribution in [0.1, 0.15) is 39.4 Å². The van der Waals surface area contributed by atoms with Gasteiger partial charge in [0.15, 0.2) is 0 Å². The molecule has 1 unspecified atom stereocenters. The highest BCUT2D eigenvalue weighted by atomic mass is 16.1. The van der Waals surface area contributed by atoms with Gasteiger partial charge in [0.05, 0.1) is 0 Å². The number of hydrogen-bond acceptors (Lipinski definition) is 6. The molecule has 0 spiro atoms. The molecule has 4 rings (SSSR count). The second-order valence-electron chi connectivity index (χ2n) is 7.66. The highest BCUT2D eigenvalue weighted by Gasteiger charge is 2.29. The minimum Gasteiger partial charge on any atom is -0.355 e. The largest absolute Gasteiger partial charge is 0.355 e. The Morgan fingerprint density at radius 3 is 2.83 bits per heavy atom. The van der Waals surface area contributed by atoms with Crippen molar-refractivity contribution in [1.82, 2.24) is 20.2 Å². The van der Waals surface area contributed by atoms with E-state index in [0.717, 1.165) is 25.9 Å². The molecule has 2 aromatic heterocycles. The molecule has 1 atom stereocenters. The van der Waals surface area contributed by atoms with E-state index in [1.165, 1.54) is 0 Å². The standard InChI is InChI=1S/C22H30N6O/c1-17-16-27(14-3-15-28(17)19-8-12-24-13-9-19)21-5-2-4-20(26-21)22(29)25-18-6-10-23-11-7-18/h2,4-7,10-11,17,19,24H,3,8-9,12-16H2,1H3,(H,23,25,29)/i15D2. The quantitative estimate of drug-likeness (QED) is 0.827. The Morgan fingerprint density at radius 1 is 1.24 bits per heavy atom. The summed E-state index contributed by atoms with van der Waals surface area (Å²) >= 11 is 0. The summed E-state index contributed by atoms with van der Waals surface area (Å²) in [6.45, 7) is 3.82. The molecule has 4 heterocycles. The molecular weight excluding hydrogens is 364 g/mol. The number of nitrogens with one attached hydrogen (secondary N) is 2. The molecule has 2 aromatic rings. The third-order valence-corrected chi connectivity index (χ3v) is 5.57. The average Bonchev–Trinajstić information content (AvgIpc) is 2.90. The lowest BCUT2D eigenvalue weighted by Gasteiger charge is -2.38. The Morgan fingerprint density at radius 2 is 2.03 bits per heavy atom. The first-order valence-electron chi connectivity index (χ1n) is 11.4. The third-order valence-electron chi connectivity index (χ3n) is 5.57. The van der Waals surface area contributed by atoms with Crippen LogP contribution in [0.4, 0.5) is 11.5 Å². The molecule has 0 aliphatic carbocycles. The maximum Gasteiger partial charge on any atom is 0.274 e. The number of aromatic nitrogens is 2. The summed E-state index contributed by atoms with van der Waals surface area (Å²) in [5.41, 5.74) is 1.01. The minimum atomic E-state index is -1.37. The van der Waals surface area contributed by atoms with Gasteiger partial charge in [0, 0.05) is 52.5 Å². The third kappa shape index (κ3) is 4.92. The molecule has 0 bridgehead atoms. The lowest BCUT2D eigenvalue weighted by atomic mass is 10.0. The fourth-order valence-corrected chi connectivity index (χ4v) is 4.11. The van der Waals surface area contributed by atoms with Crippen LogP contribution in [0.3, 0.4) is 0 Å². The second-order valence-corrected chi connectivity index (χ2v) is 7.66. The summed E-state index contributed by atoms with van der Waals surface area (Å²) < 4.78 is 17.5. The number of carbonyl (C=O) groups excluding carboxylic acids is 1. The van der Waals surface area contributed by atoms with Crippen molar-refractivity contribution in [2.75, 3.05) is 42.9 Å². The zero-order valence-electron chi connectivity index (χ0n) is 18.8. The molecule has 154 valence electrons. The van der Waals surface area contributed by atoms with Gasteiger partial charge in [-0.15, -0.1) is 0 Å². The molecule has 2 aliphatic rings. The first kappa shape index (κ1) is 17.4.